The number of hydrogen-bond acceptors (Lipinski definition) is 3. The second-order valence-corrected chi connectivity index (χ2v) is 17.1. The number of fused-ring (bicyclic) bond motifs is 3. The number of benzene rings is 10. The Hall–Kier alpha value is -9.50. The summed E-state index contributed by atoms with van der Waals surface area (Å²) in [5, 5.41) is 2.11. The Morgan fingerprint density at radius 2 is 0.667 bits per heavy atom. The fourth-order valence-electron chi connectivity index (χ4n) is 9.51. The molecule has 12 aromatic rings. The maximum Gasteiger partial charge on any atom is 0.188 e. The average molecular weight is 880 g/mol. The summed E-state index contributed by atoms with van der Waals surface area (Å²) in [6, 6.07) is 86.6. The van der Waals surface area contributed by atoms with Gasteiger partial charge in [-0.2, -0.15) is 0 Å². The van der Waals surface area contributed by atoms with Crippen LogP contribution in [0.3, 0.4) is 0 Å². The number of nitrogens with zero attached hydrogens (tertiary/aromatic N) is 5. The summed E-state index contributed by atoms with van der Waals surface area (Å²) in [6.07, 6.45) is 0. The second-order valence-electron chi connectivity index (χ2n) is 17.1. The third-order valence-corrected chi connectivity index (χ3v) is 12.8. The molecule has 10 aromatic carbocycles. The summed E-state index contributed by atoms with van der Waals surface area (Å²) in [6.45, 7) is 7.88. The van der Waals surface area contributed by atoms with Crippen molar-refractivity contribution >= 4 is 27.5 Å². The zero-order chi connectivity index (χ0) is 46.1. The van der Waals surface area contributed by atoms with Gasteiger partial charge in [-0.15, -0.1) is 0 Å². The lowest BCUT2D eigenvalue weighted by molar-refractivity contribution is 1.07. The van der Waals surface area contributed by atoms with Gasteiger partial charge in [-0.3, -0.25) is 0 Å². The van der Waals surface area contributed by atoms with E-state index in [9.17, 15) is 0 Å². The summed E-state index contributed by atoms with van der Waals surface area (Å²) in [5.74, 6) is 1.70. The molecule has 2 aromatic heterocycles. The van der Waals surface area contributed by atoms with Crippen LogP contribution in [-0.4, -0.2) is 19.5 Å². The Labute approximate surface area is 400 Å². The molecule has 0 atom stereocenters. The van der Waals surface area contributed by atoms with Gasteiger partial charge in [0, 0.05) is 33.2 Å². The minimum atomic E-state index is 0.554. The van der Waals surface area contributed by atoms with Gasteiger partial charge in [0.05, 0.1) is 23.3 Å². The Morgan fingerprint density at radius 1 is 0.290 bits per heavy atom. The maximum absolute atomic E-state index is 7.88. The van der Waals surface area contributed by atoms with Crippen LogP contribution in [0.25, 0.3) is 122 Å². The quantitative estimate of drug-likeness (QED) is 0.136. The molecular weight excluding hydrogens is 839 g/mol. The predicted molar refractivity (Wildman–Crippen MR) is 284 cm³/mol. The average Bonchev–Trinajstić information content (AvgIpc) is 3.76. The molecule has 0 aliphatic carbocycles. The fourth-order valence-corrected chi connectivity index (χ4v) is 9.51. The van der Waals surface area contributed by atoms with E-state index in [0.717, 1.165) is 99.8 Å². The van der Waals surface area contributed by atoms with Gasteiger partial charge in [-0.05, 0) is 98.4 Å². The number of hydrogen-bond donors (Lipinski definition) is 0. The molecule has 0 radical (unpaired) electrons. The van der Waals surface area contributed by atoms with Crippen molar-refractivity contribution in [3.05, 3.63) is 260 Å². The lowest BCUT2D eigenvalue weighted by Gasteiger charge is -2.21. The van der Waals surface area contributed by atoms with E-state index in [4.69, 9.17) is 21.5 Å². The van der Waals surface area contributed by atoms with E-state index in [1.165, 1.54) is 0 Å². The standard InChI is InChI=1S/C64H41N5/c1-65-54-35-36-60-58(42-54)55-29-17-18-30-59(55)69(60)61-56(47-25-13-5-14-26-47)40-53(41-57(61)48-27-15-6-16-28-48)64-67-62(49-33-31-46(32-34-49)43-19-7-2-8-20-43)66-63(68-64)52-38-50(44-21-9-3-10-22-44)37-51(39-52)45-23-11-4-12-24-45/h2-42H. The first-order chi connectivity index (χ1) is 34.1. The lowest BCUT2D eigenvalue weighted by Crippen LogP contribution is -2.04. The molecular formula is C64H41N5. The van der Waals surface area contributed by atoms with Crippen LogP contribution in [0.15, 0.2) is 249 Å². The highest BCUT2D eigenvalue weighted by Crippen LogP contribution is 2.44. The Kier molecular flexibility index (Phi) is 10.5. The number of rotatable bonds is 9. The van der Waals surface area contributed by atoms with E-state index in [-0.39, 0.29) is 0 Å². The van der Waals surface area contributed by atoms with Crippen molar-refractivity contribution in [3.8, 4) is 95.5 Å². The zero-order valence-corrected chi connectivity index (χ0v) is 37.4. The summed E-state index contributed by atoms with van der Waals surface area (Å²) in [7, 11) is 0. The van der Waals surface area contributed by atoms with E-state index in [1.807, 2.05) is 30.3 Å². The van der Waals surface area contributed by atoms with Crippen molar-refractivity contribution < 1.29 is 0 Å². The molecule has 0 unspecified atom stereocenters. The minimum absolute atomic E-state index is 0.554. The summed E-state index contributed by atoms with van der Waals surface area (Å²) in [5.41, 5.74) is 17.0. The molecule has 0 bridgehead atoms. The fraction of sp³-hybridized carbons (Fsp3) is 0. The maximum atomic E-state index is 7.88. The van der Waals surface area contributed by atoms with Crippen molar-refractivity contribution in [1.82, 2.24) is 19.5 Å². The first-order valence-corrected chi connectivity index (χ1v) is 23.0. The summed E-state index contributed by atoms with van der Waals surface area (Å²) >= 11 is 0. The van der Waals surface area contributed by atoms with Gasteiger partial charge >= 0.3 is 0 Å². The van der Waals surface area contributed by atoms with E-state index in [2.05, 4.69) is 228 Å². The van der Waals surface area contributed by atoms with Gasteiger partial charge in [0.2, 0.25) is 0 Å². The molecule has 5 heteroatoms. The van der Waals surface area contributed by atoms with Crippen LogP contribution < -0.4 is 0 Å². The van der Waals surface area contributed by atoms with Crippen molar-refractivity contribution in [2.24, 2.45) is 0 Å². The minimum Gasteiger partial charge on any atom is -0.308 e. The molecule has 0 amide bonds. The van der Waals surface area contributed by atoms with E-state index in [1.54, 1.807) is 0 Å². The monoisotopic (exact) mass is 879 g/mol. The first-order valence-electron chi connectivity index (χ1n) is 23.0. The highest BCUT2D eigenvalue weighted by atomic mass is 15.0. The van der Waals surface area contributed by atoms with E-state index in [0.29, 0.717) is 23.2 Å². The predicted octanol–water partition coefficient (Wildman–Crippen LogP) is 16.9. The van der Waals surface area contributed by atoms with Crippen LogP contribution in [0, 0.1) is 6.57 Å². The van der Waals surface area contributed by atoms with Crippen LogP contribution >= 0.6 is 0 Å². The van der Waals surface area contributed by atoms with Crippen LogP contribution in [0.5, 0.6) is 0 Å². The Balaban J connectivity index is 1.14. The van der Waals surface area contributed by atoms with Crippen molar-refractivity contribution in [1.29, 1.82) is 0 Å². The Bertz CT molecular complexity index is 3740. The smallest absolute Gasteiger partial charge is 0.188 e. The molecule has 0 aliphatic heterocycles. The molecule has 322 valence electrons. The van der Waals surface area contributed by atoms with Gasteiger partial charge < -0.3 is 4.57 Å². The molecule has 12 rings (SSSR count). The van der Waals surface area contributed by atoms with Crippen LogP contribution in [0.1, 0.15) is 0 Å². The molecule has 5 nitrogen and oxygen atoms in total. The molecule has 69 heavy (non-hydrogen) atoms. The molecule has 0 fully saturated rings. The van der Waals surface area contributed by atoms with Crippen molar-refractivity contribution in [3.63, 3.8) is 0 Å². The first kappa shape index (κ1) is 41.0. The third-order valence-electron chi connectivity index (χ3n) is 12.8. The molecule has 0 N–H and O–H groups in total. The van der Waals surface area contributed by atoms with Crippen molar-refractivity contribution in [2.45, 2.75) is 0 Å². The van der Waals surface area contributed by atoms with E-state index >= 15 is 0 Å². The van der Waals surface area contributed by atoms with Crippen LogP contribution in [-0.2, 0) is 0 Å². The number of para-hydroxylation sites is 1. The van der Waals surface area contributed by atoms with Crippen LogP contribution in [0.2, 0.25) is 0 Å². The number of aromatic nitrogens is 4. The van der Waals surface area contributed by atoms with Gasteiger partial charge in [0.15, 0.2) is 23.2 Å². The van der Waals surface area contributed by atoms with Gasteiger partial charge in [0.1, 0.15) is 0 Å². The second kappa shape index (κ2) is 17.7. The highest BCUT2D eigenvalue weighted by molar-refractivity contribution is 6.12. The zero-order valence-electron chi connectivity index (χ0n) is 37.4. The van der Waals surface area contributed by atoms with Crippen LogP contribution in [0.4, 0.5) is 5.69 Å². The molecule has 0 saturated heterocycles. The summed E-state index contributed by atoms with van der Waals surface area (Å²) < 4.78 is 2.37. The third kappa shape index (κ3) is 7.82. The lowest BCUT2D eigenvalue weighted by atomic mass is 9.92. The Morgan fingerprint density at radius 3 is 1.17 bits per heavy atom. The topological polar surface area (TPSA) is 48.0 Å². The SMILES string of the molecule is [C-]#[N+]c1ccc2c(c1)c1ccccc1n2-c1c(-c2ccccc2)cc(-c2nc(-c3ccc(-c4ccccc4)cc3)nc(-c3cc(-c4ccccc4)cc(-c4ccccc4)c3)n2)cc1-c1ccccc1. The molecule has 0 spiro atoms. The normalized spacial score (nSPS) is 11.2. The largest absolute Gasteiger partial charge is 0.308 e. The molecule has 0 aliphatic rings. The molecule has 0 saturated carbocycles. The van der Waals surface area contributed by atoms with E-state index < -0.39 is 0 Å². The summed E-state index contributed by atoms with van der Waals surface area (Å²) in [4.78, 5) is 20.0. The molecule has 2 heterocycles. The highest BCUT2D eigenvalue weighted by Gasteiger charge is 2.23. The van der Waals surface area contributed by atoms with Crippen molar-refractivity contribution in [2.75, 3.05) is 0 Å². The van der Waals surface area contributed by atoms with Gasteiger partial charge in [-0.1, -0.05) is 200 Å². The van der Waals surface area contributed by atoms with Gasteiger partial charge in [-0.25, -0.2) is 19.8 Å². The van der Waals surface area contributed by atoms with Gasteiger partial charge in [0.25, 0.3) is 0 Å².